The van der Waals surface area contributed by atoms with Crippen LogP contribution < -0.4 is 10.1 Å². The van der Waals surface area contributed by atoms with Crippen molar-refractivity contribution in [1.82, 2.24) is 9.97 Å². The Morgan fingerprint density at radius 2 is 2.00 bits per heavy atom. The van der Waals surface area contributed by atoms with E-state index in [2.05, 4.69) is 15.3 Å². The molecule has 0 fully saturated rings. The average Bonchev–Trinajstić information content (AvgIpc) is 2.46. The van der Waals surface area contributed by atoms with Crippen molar-refractivity contribution in [2.75, 3.05) is 5.32 Å². The molecule has 0 spiro atoms. The number of hydrogen-bond donors (Lipinski definition) is 1. The minimum atomic E-state index is -4.53. The monoisotopic (exact) mass is 342 g/mol. The molecule has 7 nitrogen and oxygen atoms in total. The van der Waals surface area contributed by atoms with E-state index in [0.29, 0.717) is 0 Å². The first-order chi connectivity index (χ1) is 11.2. The molecule has 0 amide bonds. The summed E-state index contributed by atoms with van der Waals surface area (Å²) in [6.45, 7) is 3.32. The zero-order valence-electron chi connectivity index (χ0n) is 12.7. The molecule has 2 rings (SSSR count). The summed E-state index contributed by atoms with van der Waals surface area (Å²) >= 11 is 0. The number of nitrogens with one attached hydrogen (secondary N) is 1. The molecule has 0 atom stereocenters. The van der Waals surface area contributed by atoms with Crippen molar-refractivity contribution in [1.29, 1.82) is 0 Å². The fraction of sp³-hybridized carbons (Fsp3) is 0.286. The van der Waals surface area contributed by atoms with E-state index in [1.165, 1.54) is 12.1 Å². The number of aromatic nitrogens is 2. The van der Waals surface area contributed by atoms with Crippen LogP contribution in [0.3, 0.4) is 0 Å². The maximum atomic E-state index is 12.7. The van der Waals surface area contributed by atoms with Gasteiger partial charge in [0.25, 0.3) is 5.88 Å². The van der Waals surface area contributed by atoms with Gasteiger partial charge in [-0.1, -0.05) is 6.07 Å². The van der Waals surface area contributed by atoms with Crippen molar-refractivity contribution < 1.29 is 22.8 Å². The van der Waals surface area contributed by atoms with Gasteiger partial charge in [0.1, 0.15) is 6.33 Å². The fourth-order valence-electron chi connectivity index (χ4n) is 1.84. The summed E-state index contributed by atoms with van der Waals surface area (Å²) in [6, 6.07) is 4.25. The van der Waals surface area contributed by atoms with Crippen molar-refractivity contribution in [3.05, 3.63) is 46.3 Å². The van der Waals surface area contributed by atoms with E-state index in [1.807, 2.05) is 0 Å². The van der Waals surface area contributed by atoms with E-state index in [-0.39, 0.29) is 23.5 Å². The highest BCUT2D eigenvalue weighted by Gasteiger charge is 2.31. The highest BCUT2D eigenvalue weighted by molar-refractivity contribution is 5.68. The lowest BCUT2D eigenvalue weighted by Crippen LogP contribution is -2.11. The van der Waals surface area contributed by atoms with Gasteiger partial charge < -0.3 is 10.1 Å². The van der Waals surface area contributed by atoms with Gasteiger partial charge >= 0.3 is 11.9 Å². The summed E-state index contributed by atoms with van der Waals surface area (Å²) in [5, 5.41) is 13.8. The van der Waals surface area contributed by atoms with Crippen LogP contribution in [0.25, 0.3) is 0 Å². The average molecular weight is 342 g/mol. The fourth-order valence-corrected chi connectivity index (χ4v) is 1.84. The van der Waals surface area contributed by atoms with E-state index in [9.17, 15) is 23.3 Å². The minimum Gasteiger partial charge on any atom is -0.470 e. The lowest BCUT2D eigenvalue weighted by Gasteiger charge is -2.12. The van der Waals surface area contributed by atoms with Gasteiger partial charge in [-0.15, -0.1) is 0 Å². The van der Waals surface area contributed by atoms with E-state index >= 15 is 0 Å². The van der Waals surface area contributed by atoms with Crippen molar-refractivity contribution in [3.63, 3.8) is 0 Å². The van der Waals surface area contributed by atoms with Crippen LogP contribution in [0.15, 0.2) is 30.6 Å². The Labute approximate surface area is 134 Å². The Morgan fingerprint density at radius 3 is 2.58 bits per heavy atom. The van der Waals surface area contributed by atoms with Crippen LogP contribution >= 0.6 is 0 Å². The molecule has 0 unspecified atom stereocenters. The standard InChI is InChI=1S/C14H13F3N4O3/c1-8(2)24-13-11(21(22)23)12(18-7-19-13)20-10-5-3-4-9(6-10)14(15,16)17/h3-8H,1-2H3,(H,18,19,20). The second-order valence-electron chi connectivity index (χ2n) is 5.00. The molecule has 10 heteroatoms. The Balaban J connectivity index is 2.41. The highest BCUT2D eigenvalue weighted by Crippen LogP contribution is 2.35. The van der Waals surface area contributed by atoms with Crippen LogP contribution in [0.1, 0.15) is 19.4 Å². The molecule has 0 aliphatic heterocycles. The SMILES string of the molecule is CC(C)Oc1ncnc(Nc2cccc(C(F)(F)F)c2)c1[N+](=O)[O-]. The predicted molar refractivity (Wildman–Crippen MR) is 79.2 cm³/mol. The van der Waals surface area contributed by atoms with Gasteiger partial charge in [-0.3, -0.25) is 10.1 Å². The molecule has 24 heavy (non-hydrogen) atoms. The van der Waals surface area contributed by atoms with Crippen LogP contribution in [0.2, 0.25) is 0 Å². The van der Waals surface area contributed by atoms with Gasteiger partial charge in [0.2, 0.25) is 5.82 Å². The van der Waals surface area contributed by atoms with E-state index in [1.54, 1.807) is 13.8 Å². The van der Waals surface area contributed by atoms with E-state index < -0.39 is 22.4 Å². The van der Waals surface area contributed by atoms with Crippen LogP contribution in [0.4, 0.5) is 30.4 Å². The molecule has 1 aromatic heterocycles. The highest BCUT2D eigenvalue weighted by atomic mass is 19.4. The number of rotatable bonds is 5. The largest absolute Gasteiger partial charge is 0.470 e. The lowest BCUT2D eigenvalue weighted by atomic mass is 10.2. The quantitative estimate of drug-likeness (QED) is 0.654. The summed E-state index contributed by atoms with van der Waals surface area (Å²) in [5.41, 5.74) is -1.44. The van der Waals surface area contributed by atoms with Gasteiger partial charge in [0.15, 0.2) is 0 Å². The molecule has 0 aliphatic carbocycles. The third kappa shape index (κ3) is 4.09. The Kier molecular flexibility index (Phi) is 4.86. The molecule has 128 valence electrons. The molecule has 0 saturated heterocycles. The molecule has 1 N–H and O–H groups in total. The zero-order chi connectivity index (χ0) is 17.9. The molecule has 0 aliphatic rings. The number of alkyl halides is 3. The maximum Gasteiger partial charge on any atom is 0.416 e. The molecule has 0 radical (unpaired) electrons. The van der Waals surface area contributed by atoms with Gasteiger partial charge in [-0.25, -0.2) is 4.98 Å². The van der Waals surface area contributed by atoms with Gasteiger partial charge in [-0.05, 0) is 32.0 Å². The summed E-state index contributed by atoms with van der Waals surface area (Å²) in [6.07, 6.45) is -3.87. The van der Waals surface area contributed by atoms with E-state index in [4.69, 9.17) is 4.74 Å². The predicted octanol–water partition coefficient (Wildman–Crippen LogP) is 3.93. The van der Waals surface area contributed by atoms with Crippen molar-refractivity contribution in [3.8, 4) is 5.88 Å². The topological polar surface area (TPSA) is 90.2 Å². The Morgan fingerprint density at radius 1 is 1.29 bits per heavy atom. The van der Waals surface area contributed by atoms with E-state index in [0.717, 1.165) is 18.5 Å². The van der Waals surface area contributed by atoms with Crippen molar-refractivity contribution >= 4 is 17.2 Å². The number of nitrogens with zero attached hydrogens (tertiary/aromatic N) is 3. The molecular weight excluding hydrogens is 329 g/mol. The smallest absolute Gasteiger partial charge is 0.416 e. The number of benzene rings is 1. The van der Waals surface area contributed by atoms with Gasteiger partial charge in [-0.2, -0.15) is 18.2 Å². The summed E-state index contributed by atoms with van der Waals surface area (Å²) < 4.78 is 43.5. The summed E-state index contributed by atoms with van der Waals surface area (Å²) in [7, 11) is 0. The Bertz CT molecular complexity index is 750. The van der Waals surface area contributed by atoms with Crippen LogP contribution in [-0.2, 0) is 6.18 Å². The van der Waals surface area contributed by atoms with Gasteiger partial charge in [0, 0.05) is 5.69 Å². The van der Waals surface area contributed by atoms with Crippen LogP contribution in [0, 0.1) is 10.1 Å². The second-order valence-corrected chi connectivity index (χ2v) is 5.00. The molecule has 1 aromatic carbocycles. The first-order valence-electron chi connectivity index (χ1n) is 6.79. The number of halogens is 3. The first-order valence-corrected chi connectivity index (χ1v) is 6.79. The molecule has 0 saturated carbocycles. The Hall–Kier alpha value is -2.91. The van der Waals surface area contributed by atoms with Crippen LogP contribution in [-0.4, -0.2) is 21.0 Å². The number of ether oxygens (including phenoxy) is 1. The summed E-state index contributed by atoms with van der Waals surface area (Å²) in [5.74, 6) is -0.524. The number of hydrogen-bond acceptors (Lipinski definition) is 6. The number of nitro groups is 1. The summed E-state index contributed by atoms with van der Waals surface area (Å²) in [4.78, 5) is 17.9. The molecule has 0 bridgehead atoms. The maximum absolute atomic E-state index is 12.7. The molecule has 2 aromatic rings. The van der Waals surface area contributed by atoms with Gasteiger partial charge in [0.05, 0.1) is 16.6 Å². The first kappa shape index (κ1) is 17.4. The lowest BCUT2D eigenvalue weighted by molar-refractivity contribution is -0.385. The normalized spacial score (nSPS) is 11.4. The second kappa shape index (κ2) is 6.69. The molecular formula is C14H13F3N4O3. The third-order valence-electron chi connectivity index (χ3n) is 2.77. The number of anilines is 2. The zero-order valence-corrected chi connectivity index (χ0v) is 12.7. The van der Waals surface area contributed by atoms with Crippen molar-refractivity contribution in [2.24, 2.45) is 0 Å². The molecule has 1 heterocycles. The third-order valence-corrected chi connectivity index (χ3v) is 2.77. The van der Waals surface area contributed by atoms with Crippen LogP contribution in [0.5, 0.6) is 5.88 Å². The minimum absolute atomic E-state index is 0.00196. The van der Waals surface area contributed by atoms with Crippen molar-refractivity contribution in [2.45, 2.75) is 26.1 Å².